The quantitative estimate of drug-likeness (QED) is 0.527. The van der Waals surface area contributed by atoms with Crippen molar-refractivity contribution in [3.63, 3.8) is 0 Å². The van der Waals surface area contributed by atoms with Gasteiger partial charge in [-0.05, 0) is 36.4 Å². The van der Waals surface area contributed by atoms with E-state index < -0.39 is 0 Å². The summed E-state index contributed by atoms with van der Waals surface area (Å²) in [6, 6.07) is 14.0. The van der Waals surface area contributed by atoms with Crippen molar-refractivity contribution in [1.29, 1.82) is 0 Å². The third kappa shape index (κ3) is 5.04. The third-order valence-corrected chi connectivity index (χ3v) is 4.16. The number of rotatable bonds is 4. The summed E-state index contributed by atoms with van der Waals surface area (Å²) in [5.74, 6) is 12.2. The molecule has 4 nitrogen and oxygen atoms in total. The molecule has 1 saturated heterocycles. The molecule has 0 unspecified atom stereocenters. The predicted octanol–water partition coefficient (Wildman–Crippen LogP) is 2.24. The first-order valence-electron chi connectivity index (χ1n) is 8.41. The minimum atomic E-state index is -0.262. The zero-order valence-electron chi connectivity index (χ0n) is 14.1. The van der Waals surface area contributed by atoms with Crippen LogP contribution in [0.2, 0.25) is 0 Å². The molecule has 0 spiro atoms. The minimum Gasteiger partial charge on any atom is -0.379 e. The minimum absolute atomic E-state index is 0.262. The molecule has 0 atom stereocenters. The first kappa shape index (κ1) is 17.4. The van der Waals surface area contributed by atoms with E-state index in [4.69, 9.17) is 10.6 Å². The number of hydrogen-bond donors (Lipinski definition) is 1. The number of benzene rings is 2. The summed E-state index contributed by atoms with van der Waals surface area (Å²) in [6.45, 7) is 5.06. The second-order valence-electron chi connectivity index (χ2n) is 5.92. The van der Waals surface area contributed by atoms with Gasteiger partial charge in [-0.15, -0.1) is 0 Å². The number of hydrazine groups is 1. The van der Waals surface area contributed by atoms with E-state index in [1.54, 1.807) is 17.1 Å². The third-order valence-electron chi connectivity index (χ3n) is 4.16. The van der Waals surface area contributed by atoms with E-state index >= 15 is 0 Å². The van der Waals surface area contributed by atoms with E-state index in [0.29, 0.717) is 0 Å². The summed E-state index contributed by atoms with van der Waals surface area (Å²) in [7, 11) is 0. The van der Waals surface area contributed by atoms with Crippen molar-refractivity contribution in [2.24, 2.45) is 5.84 Å². The SMILES string of the molecule is NN(CCN1CCOCC1)c1ccccc1C#Cc1ccc(F)cc1. The highest BCUT2D eigenvalue weighted by Crippen LogP contribution is 2.17. The van der Waals surface area contributed by atoms with Crippen LogP contribution in [0.25, 0.3) is 0 Å². The van der Waals surface area contributed by atoms with Crippen LogP contribution in [0.3, 0.4) is 0 Å². The number of halogens is 1. The van der Waals surface area contributed by atoms with Crippen molar-refractivity contribution in [2.75, 3.05) is 44.4 Å². The molecule has 2 N–H and O–H groups in total. The molecule has 1 aliphatic rings. The van der Waals surface area contributed by atoms with E-state index in [1.165, 1.54) is 12.1 Å². The highest BCUT2D eigenvalue weighted by molar-refractivity contribution is 5.61. The fourth-order valence-corrected chi connectivity index (χ4v) is 2.70. The Kier molecular flexibility index (Phi) is 6.02. The van der Waals surface area contributed by atoms with Crippen LogP contribution in [0.15, 0.2) is 48.5 Å². The molecule has 1 aliphatic heterocycles. The molecular formula is C20H22FN3O. The van der Waals surface area contributed by atoms with Gasteiger partial charge in [-0.25, -0.2) is 10.2 Å². The van der Waals surface area contributed by atoms with E-state index in [1.807, 2.05) is 24.3 Å². The van der Waals surface area contributed by atoms with Crippen LogP contribution in [0.1, 0.15) is 11.1 Å². The molecule has 1 fully saturated rings. The van der Waals surface area contributed by atoms with Crippen LogP contribution in [-0.4, -0.2) is 44.3 Å². The molecule has 25 heavy (non-hydrogen) atoms. The standard InChI is InChI=1S/C20H22FN3O/c21-19-9-6-17(7-10-19)5-8-18-3-1-2-4-20(18)24(22)12-11-23-13-15-25-16-14-23/h1-4,6-7,9-10H,11-16,22H2. The highest BCUT2D eigenvalue weighted by Gasteiger charge is 2.12. The summed E-state index contributed by atoms with van der Waals surface area (Å²) in [4.78, 5) is 2.34. The largest absolute Gasteiger partial charge is 0.379 e. The van der Waals surface area contributed by atoms with Gasteiger partial charge in [0.15, 0.2) is 0 Å². The van der Waals surface area contributed by atoms with Crippen LogP contribution < -0.4 is 10.9 Å². The number of anilines is 1. The van der Waals surface area contributed by atoms with Crippen molar-refractivity contribution < 1.29 is 9.13 Å². The van der Waals surface area contributed by atoms with E-state index in [-0.39, 0.29) is 5.82 Å². The predicted molar refractivity (Wildman–Crippen MR) is 97.6 cm³/mol. The lowest BCUT2D eigenvalue weighted by molar-refractivity contribution is 0.0391. The highest BCUT2D eigenvalue weighted by atomic mass is 19.1. The zero-order valence-corrected chi connectivity index (χ0v) is 14.1. The van der Waals surface area contributed by atoms with Gasteiger partial charge in [0.25, 0.3) is 0 Å². The first-order valence-corrected chi connectivity index (χ1v) is 8.41. The van der Waals surface area contributed by atoms with Gasteiger partial charge in [-0.3, -0.25) is 4.90 Å². The molecule has 1 heterocycles. The number of morpholine rings is 1. The maximum absolute atomic E-state index is 13.0. The number of ether oxygens (including phenoxy) is 1. The lowest BCUT2D eigenvalue weighted by atomic mass is 10.1. The van der Waals surface area contributed by atoms with Gasteiger partial charge in [-0.1, -0.05) is 24.0 Å². The molecule has 0 aliphatic carbocycles. The van der Waals surface area contributed by atoms with E-state index in [0.717, 1.165) is 56.2 Å². The van der Waals surface area contributed by atoms with Gasteiger partial charge in [0.2, 0.25) is 0 Å². The molecular weight excluding hydrogens is 317 g/mol. The second kappa shape index (κ2) is 8.63. The van der Waals surface area contributed by atoms with Gasteiger partial charge in [0.05, 0.1) is 18.9 Å². The molecule has 130 valence electrons. The fraction of sp³-hybridized carbons (Fsp3) is 0.300. The molecule has 0 bridgehead atoms. The maximum Gasteiger partial charge on any atom is 0.123 e. The molecule has 0 aromatic heterocycles. The Bertz CT molecular complexity index is 746. The Morgan fingerprint density at radius 2 is 1.76 bits per heavy atom. The normalized spacial score (nSPS) is 14.6. The Balaban J connectivity index is 1.68. The Hall–Kier alpha value is -2.39. The van der Waals surface area contributed by atoms with Crippen molar-refractivity contribution in [2.45, 2.75) is 0 Å². The summed E-state index contributed by atoms with van der Waals surface area (Å²) in [5.41, 5.74) is 2.52. The Morgan fingerprint density at radius 3 is 2.52 bits per heavy atom. The van der Waals surface area contributed by atoms with Crippen molar-refractivity contribution in [3.8, 4) is 11.8 Å². The Morgan fingerprint density at radius 1 is 1.04 bits per heavy atom. The summed E-state index contributed by atoms with van der Waals surface area (Å²) in [6.07, 6.45) is 0. The molecule has 0 saturated carbocycles. The second-order valence-corrected chi connectivity index (χ2v) is 5.92. The van der Waals surface area contributed by atoms with Gasteiger partial charge >= 0.3 is 0 Å². The maximum atomic E-state index is 13.0. The molecule has 2 aromatic rings. The molecule has 0 amide bonds. The smallest absolute Gasteiger partial charge is 0.123 e. The van der Waals surface area contributed by atoms with Crippen LogP contribution in [0.5, 0.6) is 0 Å². The van der Waals surface area contributed by atoms with Crippen LogP contribution in [-0.2, 0) is 4.74 Å². The van der Waals surface area contributed by atoms with Gasteiger partial charge < -0.3 is 9.75 Å². The number of nitrogens with zero attached hydrogens (tertiary/aromatic N) is 2. The van der Waals surface area contributed by atoms with Gasteiger partial charge in [0, 0.05) is 37.3 Å². The monoisotopic (exact) mass is 339 g/mol. The van der Waals surface area contributed by atoms with Crippen molar-refractivity contribution >= 4 is 5.69 Å². The first-order chi connectivity index (χ1) is 12.2. The average Bonchev–Trinajstić information content (AvgIpc) is 2.67. The van der Waals surface area contributed by atoms with Crippen molar-refractivity contribution in [3.05, 3.63) is 65.5 Å². The van der Waals surface area contributed by atoms with Crippen LogP contribution >= 0.6 is 0 Å². The van der Waals surface area contributed by atoms with Crippen LogP contribution in [0.4, 0.5) is 10.1 Å². The van der Waals surface area contributed by atoms with Crippen LogP contribution in [0, 0.1) is 17.7 Å². The fourth-order valence-electron chi connectivity index (χ4n) is 2.70. The number of para-hydroxylation sites is 1. The summed E-state index contributed by atoms with van der Waals surface area (Å²) < 4.78 is 18.3. The van der Waals surface area contributed by atoms with E-state index in [2.05, 4.69) is 16.7 Å². The van der Waals surface area contributed by atoms with E-state index in [9.17, 15) is 4.39 Å². The Labute approximate surface area is 148 Å². The van der Waals surface area contributed by atoms with Gasteiger partial charge in [-0.2, -0.15) is 0 Å². The summed E-state index contributed by atoms with van der Waals surface area (Å²) >= 11 is 0. The topological polar surface area (TPSA) is 41.7 Å². The summed E-state index contributed by atoms with van der Waals surface area (Å²) in [5, 5.41) is 1.74. The zero-order chi connectivity index (χ0) is 17.5. The molecule has 0 radical (unpaired) electrons. The van der Waals surface area contributed by atoms with Crippen molar-refractivity contribution in [1.82, 2.24) is 4.90 Å². The molecule has 3 rings (SSSR count). The lowest BCUT2D eigenvalue weighted by Gasteiger charge is -2.29. The average molecular weight is 339 g/mol. The molecule has 5 heteroatoms. The molecule has 2 aromatic carbocycles. The number of nitrogens with two attached hydrogens (primary N) is 1. The number of hydrogen-bond acceptors (Lipinski definition) is 4. The van der Waals surface area contributed by atoms with Gasteiger partial charge in [0.1, 0.15) is 5.82 Å². The lowest BCUT2D eigenvalue weighted by Crippen LogP contribution is -2.43.